The van der Waals surface area contributed by atoms with Crippen molar-refractivity contribution in [3.8, 4) is 5.75 Å². The number of nitrogens with zero attached hydrogens (tertiary/aromatic N) is 1. The molecule has 0 spiro atoms. The maximum Gasteiger partial charge on any atom is 0.119 e. The molecule has 22 heavy (non-hydrogen) atoms. The molecule has 0 aliphatic rings. The number of ether oxygens (including phenoxy) is 1. The Morgan fingerprint density at radius 1 is 1.05 bits per heavy atom. The fourth-order valence-electron chi connectivity index (χ4n) is 1.95. The van der Waals surface area contributed by atoms with E-state index in [1.54, 1.807) is 12.4 Å². The third kappa shape index (κ3) is 5.47. The first-order chi connectivity index (χ1) is 10.6. The summed E-state index contributed by atoms with van der Waals surface area (Å²) in [7, 11) is 0. The summed E-state index contributed by atoms with van der Waals surface area (Å²) in [5.41, 5.74) is 2.27. The molecule has 4 heteroatoms. The molecule has 0 radical (unpaired) electrons. The molecule has 118 valence electrons. The molecule has 0 aliphatic heterocycles. The van der Waals surface area contributed by atoms with Crippen LogP contribution in [0.5, 0.6) is 5.75 Å². The van der Waals surface area contributed by atoms with Crippen LogP contribution in [0.25, 0.3) is 0 Å². The van der Waals surface area contributed by atoms with E-state index in [0.29, 0.717) is 13.2 Å². The van der Waals surface area contributed by atoms with Crippen LogP contribution in [-0.4, -0.2) is 22.7 Å². The molecular weight excluding hydrogens is 276 g/mol. The second kappa shape index (κ2) is 8.51. The van der Waals surface area contributed by atoms with Crippen molar-refractivity contribution in [3.05, 3.63) is 59.9 Å². The molecule has 1 aromatic carbocycles. The first-order valence-corrected chi connectivity index (χ1v) is 7.64. The Hall–Kier alpha value is -1.91. The van der Waals surface area contributed by atoms with Gasteiger partial charge in [0.15, 0.2) is 0 Å². The molecule has 0 aliphatic carbocycles. The summed E-state index contributed by atoms with van der Waals surface area (Å²) in [5.74, 6) is 1.12. The Bertz CT molecular complexity index is 541. The lowest BCUT2D eigenvalue weighted by Gasteiger charge is -2.15. The topological polar surface area (TPSA) is 54.4 Å². The molecule has 0 saturated heterocycles. The Kier molecular flexibility index (Phi) is 6.37. The molecule has 2 aromatic rings. The standard InChI is InChI=1S/C18H24N2O2/c1-14(2)18(21)12-20-11-15-3-5-17(6-4-15)22-13-16-7-9-19-10-8-16/h3-10,14,18,20-21H,11-13H2,1-2H3. The highest BCUT2D eigenvalue weighted by atomic mass is 16.5. The molecule has 2 rings (SSSR count). The predicted molar refractivity (Wildman–Crippen MR) is 87.6 cm³/mol. The van der Waals surface area contributed by atoms with Crippen molar-refractivity contribution in [3.63, 3.8) is 0 Å². The van der Waals surface area contributed by atoms with Crippen LogP contribution in [0.3, 0.4) is 0 Å². The second-order valence-electron chi connectivity index (χ2n) is 5.73. The summed E-state index contributed by atoms with van der Waals surface area (Å²) in [5, 5.41) is 13.0. The highest BCUT2D eigenvalue weighted by Crippen LogP contribution is 2.14. The van der Waals surface area contributed by atoms with Crippen molar-refractivity contribution in [2.45, 2.75) is 33.1 Å². The first-order valence-electron chi connectivity index (χ1n) is 7.64. The number of aliphatic hydroxyl groups excluding tert-OH is 1. The van der Waals surface area contributed by atoms with E-state index < -0.39 is 0 Å². The largest absolute Gasteiger partial charge is 0.489 e. The van der Waals surface area contributed by atoms with Crippen molar-refractivity contribution in [1.82, 2.24) is 10.3 Å². The van der Waals surface area contributed by atoms with Gasteiger partial charge >= 0.3 is 0 Å². The Balaban J connectivity index is 1.75. The summed E-state index contributed by atoms with van der Waals surface area (Å²) in [4.78, 5) is 3.98. The van der Waals surface area contributed by atoms with Crippen LogP contribution < -0.4 is 10.1 Å². The summed E-state index contributed by atoms with van der Waals surface area (Å²) in [6.45, 7) is 5.93. The maximum absolute atomic E-state index is 9.74. The zero-order chi connectivity index (χ0) is 15.8. The van der Waals surface area contributed by atoms with Crippen molar-refractivity contribution >= 4 is 0 Å². The lowest BCUT2D eigenvalue weighted by Crippen LogP contribution is -2.30. The van der Waals surface area contributed by atoms with E-state index in [-0.39, 0.29) is 12.0 Å². The van der Waals surface area contributed by atoms with Crippen LogP contribution >= 0.6 is 0 Å². The van der Waals surface area contributed by atoms with Crippen molar-refractivity contribution < 1.29 is 9.84 Å². The minimum absolute atomic E-state index is 0.275. The molecule has 1 unspecified atom stereocenters. The fourth-order valence-corrected chi connectivity index (χ4v) is 1.95. The number of aliphatic hydroxyl groups is 1. The first kappa shape index (κ1) is 16.5. The van der Waals surface area contributed by atoms with Crippen molar-refractivity contribution in [2.75, 3.05) is 6.54 Å². The van der Waals surface area contributed by atoms with Gasteiger partial charge in [0.2, 0.25) is 0 Å². The van der Waals surface area contributed by atoms with Gasteiger partial charge in [-0.05, 0) is 41.3 Å². The van der Waals surface area contributed by atoms with Gasteiger partial charge in [0.25, 0.3) is 0 Å². The van der Waals surface area contributed by atoms with E-state index in [1.807, 2.05) is 50.2 Å². The minimum Gasteiger partial charge on any atom is -0.489 e. The molecule has 0 amide bonds. The van der Waals surface area contributed by atoms with Gasteiger partial charge in [-0.3, -0.25) is 4.98 Å². The molecule has 1 atom stereocenters. The van der Waals surface area contributed by atoms with E-state index in [0.717, 1.165) is 17.9 Å². The van der Waals surface area contributed by atoms with Gasteiger partial charge in [-0.15, -0.1) is 0 Å². The van der Waals surface area contributed by atoms with Crippen LogP contribution in [0.2, 0.25) is 0 Å². The van der Waals surface area contributed by atoms with Crippen LogP contribution in [0, 0.1) is 5.92 Å². The molecule has 1 aromatic heterocycles. The second-order valence-corrected chi connectivity index (χ2v) is 5.73. The van der Waals surface area contributed by atoms with E-state index in [9.17, 15) is 5.11 Å². The van der Waals surface area contributed by atoms with Crippen LogP contribution in [0.4, 0.5) is 0 Å². The lowest BCUT2D eigenvalue weighted by atomic mass is 10.1. The average molecular weight is 300 g/mol. The summed E-state index contributed by atoms with van der Waals surface area (Å²) >= 11 is 0. The van der Waals surface area contributed by atoms with Crippen LogP contribution in [0.15, 0.2) is 48.8 Å². The summed E-state index contributed by atoms with van der Waals surface area (Å²) < 4.78 is 5.73. The van der Waals surface area contributed by atoms with Gasteiger partial charge < -0.3 is 15.2 Å². The predicted octanol–water partition coefficient (Wildman–Crippen LogP) is 2.77. The molecule has 0 saturated carbocycles. The van der Waals surface area contributed by atoms with Gasteiger partial charge in [0.1, 0.15) is 12.4 Å². The van der Waals surface area contributed by atoms with Crippen molar-refractivity contribution in [1.29, 1.82) is 0 Å². The number of rotatable bonds is 8. The zero-order valence-electron chi connectivity index (χ0n) is 13.2. The highest BCUT2D eigenvalue weighted by molar-refractivity contribution is 5.27. The quantitative estimate of drug-likeness (QED) is 0.787. The van der Waals surface area contributed by atoms with E-state index in [2.05, 4.69) is 10.3 Å². The SMILES string of the molecule is CC(C)C(O)CNCc1ccc(OCc2ccncc2)cc1. The normalized spacial score (nSPS) is 12.4. The molecule has 4 nitrogen and oxygen atoms in total. The van der Waals surface area contributed by atoms with Gasteiger partial charge in [0.05, 0.1) is 6.10 Å². The number of pyridine rings is 1. The Labute approximate surface area is 132 Å². The maximum atomic E-state index is 9.74. The smallest absolute Gasteiger partial charge is 0.119 e. The van der Waals surface area contributed by atoms with Gasteiger partial charge in [-0.2, -0.15) is 0 Å². The third-order valence-corrected chi connectivity index (χ3v) is 3.53. The Morgan fingerprint density at radius 3 is 2.36 bits per heavy atom. The van der Waals surface area contributed by atoms with Gasteiger partial charge in [-0.1, -0.05) is 26.0 Å². The monoisotopic (exact) mass is 300 g/mol. The number of aromatic nitrogens is 1. The van der Waals surface area contributed by atoms with Crippen LogP contribution in [-0.2, 0) is 13.2 Å². The lowest BCUT2D eigenvalue weighted by molar-refractivity contribution is 0.123. The number of hydrogen-bond acceptors (Lipinski definition) is 4. The summed E-state index contributed by atoms with van der Waals surface area (Å²) in [6.07, 6.45) is 3.22. The molecule has 0 fully saturated rings. The van der Waals surface area contributed by atoms with E-state index in [1.165, 1.54) is 5.56 Å². The average Bonchev–Trinajstić information content (AvgIpc) is 2.55. The van der Waals surface area contributed by atoms with E-state index in [4.69, 9.17) is 4.74 Å². The fraction of sp³-hybridized carbons (Fsp3) is 0.389. The Morgan fingerprint density at radius 2 is 1.73 bits per heavy atom. The number of nitrogens with one attached hydrogen (secondary N) is 1. The molecule has 0 bridgehead atoms. The zero-order valence-corrected chi connectivity index (χ0v) is 13.2. The van der Waals surface area contributed by atoms with Crippen molar-refractivity contribution in [2.24, 2.45) is 5.92 Å². The van der Waals surface area contributed by atoms with E-state index >= 15 is 0 Å². The summed E-state index contributed by atoms with van der Waals surface area (Å²) in [6, 6.07) is 11.9. The number of benzene rings is 1. The van der Waals surface area contributed by atoms with Crippen LogP contribution in [0.1, 0.15) is 25.0 Å². The third-order valence-electron chi connectivity index (χ3n) is 3.53. The number of hydrogen-bond donors (Lipinski definition) is 2. The minimum atomic E-state index is -0.303. The highest BCUT2D eigenvalue weighted by Gasteiger charge is 2.07. The molecule has 2 N–H and O–H groups in total. The van der Waals surface area contributed by atoms with Gasteiger partial charge in [-0.25, -0.2) is 0 Å². The molecular formula is C18H24N2O2. The molecule has 1 heterocycles. The van der Waals surface area contributed by atoms with Gasteiger partial charge in [0, 0.05) is 25.5 Å².